The van der Waals surface area contributed by atoms with Crippen molar-refractivity contribution in [2.24, 2.45) is 0 Å². The second-order valence-corrected chi connectivity index (χ2v) is 2.70. The van der Waals surface area contributed by atoms with Gasteiger partial charge in [-0.3, -0.25) is 4.21 Å². The Kier molecular flexibility index (Phi) is 6.24. The molecule has 0 heterocycles. The van der Waals surface area contributed by atoms with E-state index in [-0.39, 0.29) is 5.88 Å². The summed E-state index contributed by atoms with van der Waals surface area (Å²) in [5.74, 6) is 0.0833. The lowest BCUT2D eigenvalue weighted by Crippen LogP contribution is -2.19. The maximum Gasteiger partial charge on any atom is 0.0588 e. The van der Waals surface area contributed by atoms with E-state index >= 15 is 0 Å². The van der Waals surface area contributed by atoms with E-state index in [9.17, 15) is 8.76 Å². The minimum Gasteiger partial charge on any atom is -0.771 e. The van der Waals surface area contributed by atoms with Crippen LogP contribution in [-0.2, 0) is 11.1 Å². The summed E-state index contributed by atoms with van der Waals surface area (Å²) in [6.07, 6.45) is 2.13. The smallest absolute Gasteiger partial charge is 0.0588 e. The van der Waals surface area contributed by atoms with Crippen molar-refractivity contribution in [2.75, 3.05) is 12.4 Å². The van der Waals surface area contributed by atoms with Gasteiger partial charge in [0.25, 0.3) is 0 Å². The Bertz CT molecular complexity index is 87.0. The van der Waals surface area contributed by atoms with Gasteiger partial charge in [0.05, 0.1) is 5.88 Å². The molecule has 1 N–H and O–H groups in total. The Morgan fingerprint density at radius 1 is 1.67 bits per heavy atom. The van der Waals surface area contributed by atoms with Crippen LogP contribution in [0.2, 0.25) is 0 Å². The first-order valence-corrected chi connectivity index (χ1v) is 4.28. The first kappa shape index (κ1) is 9.07. The summed E-state index contributed by atoms with van der Waals surface area (Å²) in [4.78, 5) is 0. The van der Waals surface area contributed by atoms with E-state index in [1.807, 2.05) is 0 Å². The van der Waals surface area contributed by atoms with Gasteiger partial charge in [-0.1, -0.05) is 13.3 Å². The highest BCUT2D eigenvalue weighted by molar-refractivity contribution is 7.79. The zero-order valence-corrected chi connectivity index (χ0v) is 6.37. The Hall–Kier alpha value is 0.0700. The first-order chi connectivity index (χ1) is 4.27. The molecule has 0 aromatic carbocycles. The third-order valence-corrected chi connectivity index (χ3v) is 1.37. The molecule has 0 aromatic rings. The monoisotopic (exact) mass is 150 g/mol. The largest absolute Gasteiger partial charge is 0.771 e. The van der Waals surface area contributed by atoms with Crippen LogP contribution in [0.25, 0.3) is 0 Å². The highest BCUT2D eigenvalue weighted by atomic mass is 32.2. The fourth-order valence-electron chi connectivity index (χ4n) is 0.457. The van der Waals surface area contributed by atoms with Crippen molar-refractivity contribution in [3.05, 3.63) is 0 Å². The van der Waals surface area contributed by atoms with Crippen LogP contribution >= 0.6 is 0 Å². The molecule has 0 fully saturated rings. The van der Waals surface area contributed by atoms with Crippen molar-refractivity contribution >= 4 is 11.1 Å². The molecule has 56 valence electrons. The molecule has 1 atom stereocenters. The van der Waals surface area contributed by atoms with Gasteiger partial charge in [0.2, 0.25) is 0 Å². The SMILES string of the molecule is CCCCNCS(=O)[O-]. The van der Waals surface area contributed by atoms with Crippen molar-refractivity contribution in [1.82, 2.24) is 5.32 Å². The molecular formula is C5H12NO2S-. The summed E-state index contributed by atoms with van der Waals surface area (Å²) >= 11 is -1.93. The number of nitrogens with one attached hydrogen (secondary N) is 1. The standard InChI is InChI=1S/C5H13NO2S/c1-2-3-4-6-5-9(7)8/h6H,2-5H2,1H3,(H,7,8)/p-1. The van der Waals surface area contributed by atoms with Crippen LogP contribution in [0.1, 0.15) is 19.8 Å². The van der Waals surface area contributed by atoms with Gasteiger partial charge >= 0.3 is 0 Å². The van der Waals surface area contributed by atoms with Crippen molar-refractivity contribution in [3.63, 3.8) is 0 Å². The molecule has 0 aromatic heterocycles. The van der Waals surface area contributed by atoms with Crippen LogP contribution < -0.4 is 5.32 Å². The minimum absolute atomic E-state index is 0.0833. The van der Waals surface area contributed by atoms with Gasteiger partial charge in [0, 0.05) is 0 Å². The molecule has 0 aliphatic rings. The second-order valence-electron chi connectivity index (χ2n) is 1.80. The van der Waals surface area contributed by atoms with Gasteiger partial charge in [-0.15, -0.1) is 0 Å². The Labute approximate surface area is 58.1 Å². The molecule has 0 aliphatic heterocycles. The first-order valence-electron chi connectivity index (χ1n) is 3.04. The van der Waals surface area contributed by atoms with Crippen molar-refractivity contribution in [3.8, 4) is 0 Å². The Balaban J connectivity index is 2.83. The third kappa shape index (κ3) is 8.07. The fourth-order valence-corrected chi connectivity index (χ4v) is 0.768. The van der Waals surface area contributed by atoms with E-state index in [0.29, 0.717) is 0 Å². The normalized spacial score (nSPS) is 13.6. The molecule has 0 bridgehead atoms. The minimum atomic E-state index is -1.93. The molecule has 3 nitrogen and oxygen atoms in total. The summed E-state index contributed by atoms with van der Waals surface area (Å²) in [6.45, 7) is 2.86. The predicted molar refractivity (Wildman–Crippen MR) is 36.7 cm³/mol. The molecule has 9 heavy (non-hydrogen) atoms. The van der Waals surface area contributed by atoms with Crippen molar-refractivity contribution in [2.45, 2.75) is 19.8 Å². The van der Waals surface area contributed by atoms with Gasteiger partial charge < -0.3 is 9.87 Å². The van der Waals surface area contributed by atoms with E-state index in [1.54, 1.807) is 0 Å². The molecule has 0 amide bonds. The average Bonchev–Trinajstić information content (AvgIpc) is 1.80. The number of hydrogen-bond donors (Lipinski definition) is 1. The summed E-state index contributed by atoms with van der Waals surface area (Å²) < 4.78 is 19.8. The summed E-state index contributed by atoms with van der Waals surface area (Å²) in [7, 11) is 0. The van der Waals surface area contributed by atoms with Gasteiger partial charge in [-0.05, 0) is 24.0 Å². The van der Waals surface area contributed by atoms with Crippen LogP contribution in [0.5, 0.6) is 0 Å². The number of hydrogen-bond acceptors (Lipinski definition) is 3. The van der Waals surface area contributed by atoms with Gasteiger partial charge in [0.15, 0.2) is 0 Å². The summed E-state index contributed by atoms with van der Waals surface area (Å²) in [5, 5.41) is 2.77. The van der Waals surface area contributed by atoms with E-state index in [4.69, 9.17) is 0 Å². The van der Waals surface area contributed by atoms with Crippen LogP contribution in [0, 0.1) is 0 Å². The molecule has 0 saturated carbocycles. The maximum absolute atomic E-state index is 9.90. The van der Waals surface area contributed by atoms with E-state index in [0.717, 1.165) is 19.4 Å². The Morgan fingerprint density at radius 2 is 2.33 bits per heavy atom. The molecule has 4 heteroatoms. The molecule has 0 aliphatic carbocycles. The zero-order chi connectivity index (χ0) is 7.11. The van der Waals surface area contributed by atoms with Gasteiger partial charge in [0.1, 0.15) is 0 Å². The molecule has 0 saturated heterocycles. The van der Waals surface area contributed by atoms with Crippen LogP contribution in [0.15, 0.2) is 0 Å². The van der Waals surface area contributed by atoms with Crippen molar-refractivity contribution < 1.29 is 8.76 Å². The predicted octanol–water partition coefficient (Wildman–Crippen LogP) is 0.213. The van der Waals surface area contributed by atoms with Crippen LogP contribution in [-0.4, -0.2) is 21.2 Å². The van der Waals surface area contributed by atoms with Crippen LogP contribution in [0.3, 0.4) is 0 Å². The highest BCUT2D eigenvalue weighted by Gasteiger charge is 1.82. The highest BCUT2D eigenvalue weighted by Crippen LogP contribution is 1.81. The number of unbranched alkanes of at least 4 members (excludes halogenated alkanes) is 1. The van der Waals surface area contributed by atoms with Gasteiger partial charge in [-0.2, -0.15) is 0 Å². The van der Waals surface area contributed by atoms with E-state index in [1.165, 1.54) is 0 Å². The molecule has 0 rings (SSSR count). The maximum atomic E-state index is 9.90. The van der Waals surface area contributed by atoms with Crippen molar-refractivity contribution in [1.29, 1.82) is 0 Å². The van der Waals surface area contributed by atoms with E-state index < -0.39 is 11.1 Å². The molecule has 0 radical (unpaired) electrons. The van der Waals surface area contributed by atoms with E-state index in [2.05, 4.69) is 12.2 Å². The molecule has 0 spiro atoms. The number of rotatable bonds is 5. The second kappa shape index (κ2) is 6.19. The lowest BCUT2D eigenvalue weighted by atomic mass is 10.3. The zero-order valence-electron chi connectivity index (χ0n) is 5.55. The average molecular weight is 150 g/mol. The molecular weight excluding hydrogens is 138 g/mol. The van der Waals surface area contributed by atoms with Gasteiger partial charge in [-0.25, -0.2) is 0 Å². The third-order valence-electron chi connectivity index (χ3n) is 0.927. The topological polar surface area (TPSA) is 52.2 Å². The fraction of sp³-hybridized carbons (Fsp3) is 1.00. The lowest BCUT2D eigenvalue weighted by molar-refractivity contribution is 0.528. The Morgan fingerprint density at radius 3 is 2.78 bits per heavy atom. The van der Waals surface area contributed by atoms with Crippen LogP contribution in [0.4, 0.5) is 0 Å². The molecule has 1 unspecified atom stereocenters. The lowest BCUT2D eigenvalue weighted by Gasteiger charge is -2.04. The summed E-state index contributed by atoms with van der Waals surface area (Å²) in [5.41, 5.74) is 0. The quantitative estimate of drug-likeness (QED) is 0.450. The summed E-state index contributed by atoms with van der Waals surface area (Å²) in [6, 6.07) is 0.